The van der Waals surface area contributed by atoms with Gasteiger partial charge in [-0.3, -0.25) is 0 Å². The maximum absolute atomic E-state index is 12.1. The Balaban J connectivity index is 0.00000169. The maximum atomic E-state index is 12.1. The molecule has 1 aromatic carbocycles. The van der Waals surface area contributed by atoms with E-state index < -0.39 is 13.3 Å². The van der Waals surface area contributed by atoms with Crippen LogP contribution in [-0.2, 0) is 6.32 Å². The molecule has 0 saturated heterocycles. The van der Waals surface area contributed by atoms with Gasteiger partial charge in [0.15, 0.2) is 0 Å². The van der Waals surface area contributed by atoms with Gasteiger partial charge in [0, 0.05) is 9.50 Å². The van der Waals surface area contributed by atoms with Crippen LogP contribution in [0, 0.1) is 0 Å². The van der Waals surface area contributed by atoms with Crippen LogP contribution in [0.1, 0.15) is 5.56 Å². The topological polar surface area (TPSA) is 0 Å². The molecule has 14 heavy (non-hydrogen) atoms. The molecule has 0 fully saturated rings. The van der Waals surface area contributed by atoms with E-state index in [4.69, 9.17) is 11.6 Å². The molecule has 0 spiro atoms. The predicted molar refractivity (Wildman–Crippen MR) is 51.9 cm³/mol. The second-order valence-electron chi connectivity index (χ2n) is 2.61. The quantitative estimate of drug-likeness (QED) is 0.716. The molecular formula is C7H5BBrClF3K. The zero-order valence-electron chi connectivity index (χ0n) is 7.41. The SMILES string of the molecule is F[B-](F)(F)Cc1c(Cl)cccc1Br.[K+]. The van der Waals surface area contributed by atoms with Crippen LogP contribution in [0.15, 0.2) is 22.7 Å². The van der Waals surface area contributed by atoms with Gasteiger partial charge in [0.1, 0.15) is 0 Å². The van der Waals surface area contributed by atoms with Crippen LogP contribution in [0.5, 0.6) is 0 Å². The van der Waals surface area contributed by atoms with Gasteiger partial charge in [0.2, 0.25) is 0 Å². The molecule has 72 valence electrons. The molecule has 0 saturated carbocycles. The van der Waals surface area contributed by atoms with E-state index in [1.54, 1.807) is 12.1 Å². The van der Waals surface area contributed by atoms with Crippen molar-refractivity contribution in [3.63, 3.8) is 0 Å². The van der Waals surface area contributed by atoms with Gasteiger partial charge in [-0.05, 0) is 17.7 Å². The van der Waals surface area contributed by atoms with Crippen molar-refractivity contribution >= 4 is 34.5 Å². The Hall–Kier alpha value is 1.48. The zero-order chi connectivity index (χ0) is 10.1. The van der Waals surface area contributed by atoms with E-state index in [2.05, 4.69) is 15.9 Å². The van der Waals surface area contributed by atoms with Crippen LogP contribution in [0.25, 0.3) is 0 Å². The first-order valence-electron chi connectivity index (χ1n) is 3.54. The Labute approximate surface area is 136 Å². The van der Waals surface area contributed by atoms with Crippen molar-refractivity contribution in [2.24, 2.45) is 0 Å². The van der Waals surface area contributed by atoms with Crippen LogP contribution in [0.4, 0.5) is 12.9 Å². The first-order chi connectivity index (χ1) is 5.90. The van der Waals surface area contributed by atoms with E-state index in [0.717, 1.165) is 0 Å². The van der Waals surface area contributed by atoms with Crippen molar-refractivity contribution in [1.29, 1.82) is 0 Å². The summed E-state index contributed by atoms with van der Waals surface area (Å²) in [4.78, 5) is 0. The zero-order valence-corrected chi connectivity index (χ0v) is 12.9. The molecule has 0 nitrogen and oxygen atoms in total. The second-order valence-corrected chi connectivity index (χ2v) is 3.88. The van der Waals surface area contributed by atoms with Gasteiger partial charge >= 0.3 is 58.4 Å². The smallest absolute Gasteiger partial charge is 0.449 e. The summed E-state index contributed by atoms with van der Waals surface area (Å²) in [5, 5.41) is 0.147. The van der Waals surface area contributed by atoms with E-state index in [1.807, 2.05) is 0 Å². The summed E-state index contributed by atoms with van der Waals surface area (Å²) in [7, 11) is 0. The molecular weight excluding hydrogens is 306 g/mol. The standard InChI is InChI=1S/C7H5BBrClF3.K/c9-6-2-1-3-7(10)5(6)4-8(11,12)13;/h1-3H,4H2;/q-1;+1. The minimum Gasteiger partial charge on any atom is -0.449 e. The van der Waals surface area contributed by atoms with Crippen LogP contribution < -0.4 is 51.4 Å². The summed E-state index contributed by atoms with van der Waals surface area (Å²) >= 11 is 8.64. The third kappa shape index (κ3) is 5.01. The second kappa shape index (κ2) is 6.27. The van der Waals surface area contributed by atoms with Gasteiger partial charge in [0.25, 0.3) is 0 Å². The Bertz CT molecular complexity index is 298. The van der Waals surface area contributed by atoms with Crippen molar-refractivity contribution in [2.45, 2.75) is 6.32 Å². The van der Waals surface area contributed by atoms with Crippen LogP contribution in [0.2, 0.25) is 5.02 Å². The summed E-state index contributed by atoms with van der Waals surface area (Å²) in [5.74, 6) is 0. The van der Waals surface area contributed by atoms with E-state index in [1.165, 1.54) is 6.07 Å². The third-order valence-corrected chi connectivity index (χ3v) is 2.59. The fourth-order valence-corrected chi connectivity index (χ4v) is 1.85. The summed E-state index contributed by atoms with van der Waals surface area (Å²) in [6.07, 6.45) is -0.944. The van der Waals surface area contributed by atoms with Gasteiger partial charge in [-0.2, -0.15) is 0 Å². The number of hydrogen-bond donors (Lipinski definition) is 0. The molecule has 7 heteroatoms. The molecule has 0 N–H and O–H groups in total. The van der Waals surface area contributed by atoms with Crippen molar-refractivity contribution in [3.05, 3.63) is 33.3 Å². The summed E-state index contributed by atoms with van der Waals surface area (Å²) in [5.41, 5.74) is 0.108. The molecule has 0 aliphatic rings. The van der Waals surface area contributed by atoms with Crippen LogP contribution in [0.3, 0.4) is 0 Å². The first kappa shape index (κ1) is 15.5. The van der Waals surface area contributed by atoms with Crippen molar-refractivity contribution in [1.82, 2.24) is 0 Å². The number of rotatable bonds is 2. The van der Waals surface area contributed by atoms with E-state index in [0.29, 0.717) is 4.47 Å². The Morgan fingerprint density at radius 3 is 2.29 bits per heavy atom. The molecule has 0 aliphatic heterocycles. The fourth-order valence-electron chi connectivity index (χ4n) is 0.959. The predicted octanol–water partition coefficient (Wildman–Crippen LogP) is 1.04. The number of halogens is 5. The molecule has 0 unspecified atom stereocenters. The van der Waals surface area contributed by atoms with Crippen molar-refractivity contribution in [3.8, 4) is 0 Å². The number of benzene rings is 1. The normalized spacial score (nSPS) is 10.9. The molecule has 0 aliphatic carbocycles. The summed E-state index contributed by atoms with van der Waals surface area (Å²) < 4.78 is 36.7. The Kier molecular flexibility index (Phi) is 6.94. The molecule has 0 atom stereocenters. The minimum absolute atomic E-state index is 0. The molecule has 0 heterocycles. The first-order valence-corrected chi connectivity index (χ1v) is 4.71. The average Bonchev–Trinajstić information content (AvgIpc) is 1.95. The minimum atomic E-state index is -4.83. The van der Waals surface area contributed by atoms with Gasteiger partial charge in [0.05, 0.1) is 0 Å². The third-order valence-electron chi connectivity index (χ3n) is 1.50. The van der Waals surface area contributed by atoms with Crippen molar-refractivity contribution in [2.75, 3.05) is 0 Å². The molecule has 1 rings (SSSR count). The van der Waals surface area contributed by atoms with Crippen LogP contribution in [-0.4, -0.2) is 6.98 Å². The van der Waals surface area contributed by atoms with E-state index >= 15 is 0 Å². The summed E-state index contributed by atoms with van der Waals surface area (Å²) in [6.45, 7) is -4.83. The van der Waals surface area contributed by atoms with Gasteiger partial charge in [-0.15, -0.1) is 0 Å². The van der Waals surface area contributed by atoms with Gasteiger partial charge in [-0.1, -0.05) is 39.9 Å². The number of hydrogen-bond acceptors (Lipinski definition) is 0. The largest absolute Gasteiger partial charge is 1.00 e. The van der Waals surface area contributed by atoms with Crippen LogP contribution >= 0.6 is 27.5 Å². The van der Waals surface area contributed by atoms with Gasteiger partial charge < -0.3 is 12.9 Å². The van der Waals surface area contributed by atoms with Crippen molar-refractivity contribution < 1.29 is 64.3 Å². The maximum Gasteiger partial charge on any atom is 1.00 e. The Morgan fingerprint density at radius 1 is 1.29 bits per heavy atom. The average molecular weight is 311 g/mol. The molecule has 0 amide bonds. The summed E-state index contributed by atoms with van der Waals surface area (Å²) in [6, 6.07) is 4.59. The Morgan fingerprint density at radius 2 is 1.86 bits per heavy atom. The van der Waals surface area contributed by atoms with E-state index in [9.17, 15) is 12.9 Å². The monoisotopic (exact) mass is 310 g/mol. The molecule has 0 radical (unpaired) electrons. The fraction of sp³-hybridized carbons (Fsp3) is 0.143. The molecule has 0 bridgehead atoms. The molecule has 1 aromatic rings. The molecule has 0 aromatic heterocycles. The van der Waals surface area contributed by atoms with Gasteiger partial charge in [-0.25, -0.2) is 0 Å². The van der Waals surface area contributed by atoms with E-state index in [-0.39, 0.29) is 62.0 Å².